The van der Waals surface area contributed by atoms with Gasteiger partial charge in [-0.2, -0.15) is 0 Å². The second-order valence-corrected chi connectivity index (χ2v) is 6.67. The Morgan fingerprint density at radius 2 is 2.00 bits per heavy atom. The van der Waals surface area contributed by atoms with Gasteiger partial charge in [-0.05, 0) is 32.6 Å². The molecule has 0 aromatic heterocycles. The molecule has 1 saturated heterocycles. The summed E-state index contributed by atoms with van der Waals surface area (Å²) in [7, 11) is 0. The second kappa shape index (κ2) is 7.49. The van der Waals surface area contributed by atoms with Gasteiger partial charge < -0.3 is 5.32 Å². The fraction of sp³-hybridized carbons (Fsp3) is 1.00. The molecule has 108 valence electrons. The molecule has 0 bridgehead atoms. The molecule has 1 rings (SSSR count). The van der Waals surface area contributed by atoms with Crippen LogP contribution >= 0.6 is 0 Å². The third-order valence-electron chi connectivity index (χ3n) is 4.44. The largest absolute Gasteiger partial charge is 0.309 e. The van der Waals surface area contributed by atoms with E-state index in [1.165, 1.54) is 45.2 Å². The molecule has 0 aromatic rings. The quantitative estimate of drug-likeness (QED) is 0.746. The third-order valence-corrected chi connectivity index (χ3v) is 4.44. The predicted octanol–water partition coefficient (Wildman–Crippen LogP) is 3.67. The van der Waals surface area contributed by atoms with E-state index in [0.717, 1.165) is 18.5 Å². The van der Waals surface area contributed by atoms with Crippen LogP contribution in [-0.4, -0.2) is 36.1 Å². The zero-order chi connectivity index (χ0) is 13.6. The van der Waals surface area contributed by atoms with Crippen LogP contribution in [-0.2, 0) is 0 Å². The highest BCUT2D eigenvalue weighted by Gasteiger charge is 2.32. The minimum atomic E-state index is 0.286. The third kappa shape index (κ3) is 4.89. The Balaban J connectivity index is 2.53. The normalized spacial score (nSPS) is 26.2. The van der Waals surface area contributed by atoms with Crippen molar-refractivity contribution in [2.45, 2.75) is 78.3 Å². The molecule has 1 N–H and O–H groups in total. The van der Waals surface area contributed by atoms with Gasteiger partial charge in [0, 0.05) is 31.2 Å². The summed E-state index contributed by atoms with van der Waals surface area (Å²) < 4.78 is 0. The van der Waals surface area contributed by atoms with E-state index in [4.69, 9.17) is 0 Å². The summed E-state index contributed by atoms with van der Waals surface area (Å²) >= 11 is 0. The molecule has 2 heteroatoms. The highest BCUT2D eigenvalue weighted by atomic mass is 15.2. The highest BCUT2D eigenvalue weighted by molar-refractivity contribution is 4.92. The summed E-state index contributed by atoms with van der Waals surface area (Å²) in [6.07, 6.45) is 6.74. The molecule has 1 aliphatic rings. The number of rotatable bonds is 7. The Morgan fingerprint density at radius 1 is 1.28 bits per heavy atom. The molecule has 1 fully saturated rings. The first-order chi connectivity index (χ1) is 8.52. The molecule has 0 saturated carbocycles. The van der Waals surface area contributed by atoms with Crippen LogP contribution in [0.2, 0.25) is 0 Å². The van der Waals surface area contributed by atoms with Crippen LogP contribution in [0.4, 0.5) is 0 Å². The molecular weight excluding hydrogens is 220 g/mol. The van der Waals surface area contributed by atoms with Crippen LogP contribution in [0, 0.1) is 5.92 Å². The van der Waals surface area contributed by atoms with Crippen LogP contribution in [0.25, 0.3) is 0 Å². The Hall–Kier alpha value is -0.0800. The minimum Gasteiger partial charge on any atom is -0.309 e. The number of hydrogen-bond acceptors (Lipinski definition) is 2. The Labute approximate surface area is 115 Å². The molecule has 1 aliphatic heterocycles. The molecule has 2 unspecified atom stereocenters. The van der Waals surface area contributed by atoms with Crippen LogP contribution in [0.3, 0.4) is 0 Å². The van der Waals surface area contributed by atoms with E-state index in [-0.39, 0.29) is 5.54 Å². The van der Waals surface area contributed by atoms with E-state index >= 15 is 0 Å². The van der Waals surface area contributed by atoms with Crippen LogP contribution in [0.15, 0.2) is 0 Å². The van der Waals surface area contributed by atoms with E-state index in [2.05, 4.69) is 44.8 Å². The molecule has 18 heavy (non-hydrogen) atoms. The lowest BCUT2D eigenvalue weighted by Gasteiger charge is -2.45. The molecule has 2 nitrogen and oxygen atoms in total. The smallest absolute Gasteiger partial charge is 0.0252 e. The lowest BCUT2D eigenvalue weighted by Crippen LogP contribution is -2.62. The maximum absolute atomic E-state index is 3.68. The van der Waals surface area contributed by atoms with Gasteiger partial charge in [0.05, 0.1) is 0 Å². The van der Waals surface area contributed by atoms with Gasteiger partial charge in [0.15, 0.2) is 0 Å². The van der Waals surface area contributed by atoms with Gasteiger partial charge in [0.25, 0.3) is 0 Å². The fourth-order valence-electron chi connectivity index (χ4n) is 3.08. The summed E-state index contributed by atoms with van der Waals surface area (Å²) in [6, 6.07) is 0.744. The molecule has 2 atom stereocenters. The maximum Gasteiger partial charge on any atom is 0.0252 e. The van der Waals surface area contributed by atoms with Gasteiger partial charge in [0.2, 0.25) is 0 Å². The summed E-state index contributed by atoms with van der Waals surface area (Å²) in [5.41, 5.74) is 0.286. The van der Waals surface area contributed by atoms with Gasteiger partial charge in [-0.1, -0.05) is 40.0 Å². The summed E-state index contributed by atoms with van der Waals surface area (Å²) in [4.78, 5) is 2.75. The number of hydrogen-bond donors (Lipinski definition) is 1. The van der Waals surface area contributed by atoms with E-state index in [1.807, 2.05) is 0 Å². The average Bonchev–Trinajstić information content (AvgIpc) is 2.33. The Kier molecular flexibility index (Phi) is 6.65. The van der Waals surface area contributed by atoms with E-state index in [0.29, 0.717) is 0 Å². The Bertz CT molecular complexity index is 225. The zero-order valence-corrected chi connectivity index (χ0v) is 13.3. The molecule has 0 radical (unpaired) electrons. The molecular formula is C16H34N2. The van der Waals surface area contributed by atoms with Crippen molar-refractivity contribution in [2.75, 3.05) is 19.6 Å². The van der Waals surface area contributed by atoms with Crippen LogP contribution in [0.5, 0.6) is 0 Å². The first-order valence-electron chi connectivity index (χ1n) is 8.01. The summed E-state index contributed by atoms with van der Waals surface area (Å²) in [5, 5.41) is 3.68. The maximum atomic E-state index is 3.68. The molecule has 0 amide bonds. The second-order valence-electron chi connectivity index (χ2n) is 6.67. The van der Waals surface area contributed by atoms with Crippen LogP contribution < -0.4 is 5.32 Å². The summed E-state index contributed by atoms with van der Waals surface area (Å²) in [5.74, 6) is 0.896. The lowest BCUT2D eigenvalue weighted by atomic mass is 9.93. The molecule has 1 heterocycles. The van der Waals surface area contributed by atoms with E-state index in [1.54, 1.807) is 0 Å². The van der Waals surface area contributed by atoms with Crippen LogP contribution in [0.1, 0.15) is 66.7 Å². The molecule has 0 aliphatic carbocycles. The van der Waals surface area contributed by atoms with Crippen molar-refractivity contribution in [3.63, 3.8) is 0 Å². The standard InChI is InChI=1S/C16H34N2/c1-6-9-10-14(7-2)12-18-13-16(4,5)17-11-15(18)8-3/h14-15,17H,6-13H2,1-5H3. The van der Waals surface area contributed by atoms with Crippen molar-refractivity contribution in [1.29, 1.82) is 0 Å². The van der Waals surface area contributed by atoms with Crippen molar-refractivity contribution in [1.82, 2.24) is 10.2 Å². The summed E-state index contributed by atoms with van der Waals surface area (Å²) in [6.45, 7) is 15.3. The first kappa shape index (κ1) is 16.0. The van der Waals surface area contributed by atoms with Gasteiger partial charge in [0.1, 0.15) is 0 Å². The zero-order valence-electron chi connectivity index (χ0n) is 13.3. The predicted molar refractivity (Wildman–Crippen MR) is 81.0 cm³/mol. The van der Waals surface area contributed by atoms with Crippen molar-refractivity contribution < 1.29 is 0 Å². The van der Waals surface area contributed by atoms with Gasteiger partial charge in [-0.3, -0.25) is 4.90 Å². The van der Waals surface area contributed by atoms with E-state index in [9.17, 15) is 0 Å². The number of nitrogens with zero attached hydrogens (tertiary/aromatic N) is 1. The molecule has 0 spiro atoms. The topological polar surface area (TPSA) is 15.3 Å². The van der Waals surface area contributed by atoms with Crippen molar-refractivity contribution in [3.8, 4) is 0 Å². The average molecular weight is 254 g/mol. The monoisotopic (exact) mass is 254 g/mol. The first-order valence-corrected chi connectivity index (χ1v) is 8.01. The lowest BCUT2D eigenvalue weighted by molar-refractivity contribution is 0.0741. The van der Waals surface area contributed by atoms with Gasteiger partial charge in [-0.15, -0.1) is 0 Å². The van der Waals surface area contributed by atoms with Gasteiger partial charge >= 0.3 is 0 Å². The van der Waals surface area contributed by atoms with Crippen molar-refractivity contribution in [3.05, 3.63) is 0 Å². The SMILES string of the molecule is CCCCC(CC)CN1CC(C)(C)NCC1CC. The highest BCUT2D eigenvalue weighted by Crippen LogP contribution is 2.21. The Morgan fingerprint density at radius 3 is 2.56 bits per heavy atom. The number of nitrogens with one attached hydrogen (secondary N) is 1. The van der Waals surface area contributed by atoms with Gasteiger partial charge in [-0.25, -0.2) is 0 Å². The minimum absolute atomic E-state index is 0.286. The number of piperazine rings is 1. The van der Waals surface area contributed by atoms with Crippen molar-refractivity contribution in [2.24, 2.45) is 5.92 Å². The molecule has 0 aromatic carbocycles. The van der Waals surface area contributed by atoms with E-state index < -0.39 is 0 Å². The number of unbranched alkanes of at least 4 members (excludes halogenated alkanes) is 1. The van der Waals surface area contributed by atoms with Crippen molar-refractivity contribution >= 4 is 0 Å². The fourth-order valence-corrected chi connectivity index (χ4v) is 3.08.